The predicted octanol–water partition coefficient (Wildman–Crippen LogP) is 1.28. The van der Waals surface area contributed by atoms with Crippen LogP contribution in [-0.4, -0.2) is 33.8 Å². The van der Waals surface area contributed by atoms with Crippen LogP contribution in [0.5, 0.6) is 0 Å². The smallest absolute Gasteiger partial charge is 0.194 e. The lowest BCUT2D eigenvalue weighted by molar-refractivity contribution is -0.119. The fraction of sp³-hybridized carbons (Fsp3) is 0.900. The maximum atomic E-state index is 11.3. The molecule has 0 amide bonds. The Morgan fingerprint density at radius 2 is 1.86 bits per heavy atom. The van der Waals surface area contributed by atoms with Crippen LogP contribution in [0, 0.1) is 11.8 Å². The van der Waals surface area contributed by atoms with E-state index in [0.717, 1.165) is 11.8 Å². The maximum absolute atomic E-state index is 11.3. The monoisotopic (exact) mass is 220 g/mol. The third-order valence-electron chi connectivity index (χ3n) is 2.65. The van der Waals surface area contributed by atoms with Crippen molar-refractivity contribution in [1.29, 1.82) is 0 Å². The molecule has 0 aliphatic heterocycles. The second-order valence-corrected chi connectivity index (χ2v) is 4.45. The molecular formula is C10H20O3S. The summed E-state index contributed by atoms with van der Waals surface area (Å²) in [5.41, 5.74) is 0. The summed E-state index contributed by atoms with van der Waals surface area (Å²) in [4.78, 5) is 11.3. The summed E-state index contributed by atoms with van der Waals surface area (Å²) in [7, 11) is 0. The Bertz CT molecular complexity index is 184. The van der Waals surface area contributed by atoms with Gasteiger partial charge in [-0.15, -0.1) is 0 Å². The topological polar surface area (TPSA) is 57.5 Å². The zero-order chi connectivity index (χ0) is 11.3. The molecular weight excluding hydrogens is 200 g/mol. The van der Waals surface area contributed by atoms with E-state index in [-0.39, 0.29) is 11.0 Å². The van der Waals surface area contributed by atoms with Crippen LogP contribution in [-0.2, 0) is 4.79 Å². The number of thioether (sulfide) groups is 1. The standard InChI is InChI=1S/C10H20O3S/c1-5-8(11)6(2)9(12)7(3)10(13)14-4/h6-9,11-12H,5H2,1-4H3/t6-,7+,8+,9-/m0/s1. The molecule has 14 heavy (non-hydrogen) atoms. The van der Waals surface area contributed by atoms with Crippen molar-refractivity contribution in [2.45, 2.75) is 39.4 Å². The second-order valence-electron chi connectivity index (χ2n) is 3.64. The number of hydrogen-bond donors (Lipinski definition) is 2. The van der Waals surface area contributed by atoms with Gasteiger partial charge < -0.3 is 10.2 Å². The predicted molar refractivity (Wildman–Crippen MR) is 59.2 cm³/mol. The fourth-order valence-electron chi connectivity index (χ4n) is 1.38. The molecule has 0 saturated heterocycles. The SMILES string of the molecule is CC[C@@H](O)[C@H](C)[C@H](O)[C@@H](C)C(=O)SC. The van der Waals surface area contributed by atoms with Crippen molar-refractivity contribution in [2.24, 2.45) is 11.8 Å². The first kappa shape index (κ1) is 13.9. The Hall–Kier alpha value is -0.0600. The molecule has 0 radical (unpaired) electrons. The zero-order valence-electron chi connectivity index (χ0n) is 9.23. The molecule has 4 heteroatoms. The quantitative estimate of drug-likeness (QED) is 0.733. The lowest BCUT2D eigenvalue weighted by Gasteiger charge is -2.26. The molecule has 2 N–H and O–H groups in total. The van der Waals surface area contributed by atoms with E-state index in [9.17, 15) is 15.0 Å². The van der Waals surface area contributed by atoms with E-state index < -0.39 is 18.1 Å². The summed E-state index contributed by atoms with van der Waals surface area (Å²) in [6, 6.07) is 0. The van der Waals surface area contributed by atoms with E-state index in [1.165, 1.54) is 0 Å². The summed E-state index contributed by atoms with van der Waals surface area (Å²) in [5.74, 6) is -0.674. The molecule has 0 aromatic rings. The van der Waals surface area contributed by atoms with Crippen LogP contribution in [0.3, 0.4) is 0 Å². The summed E-state index contributed by atoms with van der Waals surface area (Å²) in [6.07, 6.45) is 0.997. The van der Waals surface area contributed by atoms with Gasteiger partial charge in [0.1, 0.15) is 0 Å². The third-order valence-corrected chi connectivity index (χ3v) is 3.42. The minimum absolute atomic E-state index is 0.0346. The van der Waals surface area contributed by atoms with E-state index in [1.54, 1.807) is 20.1 Å². The molecule has 0 spiro atoms. The molecule has 3 nitrogen and oxygen atoms in total. The number of aliphatic hydroxyl groups is 2. The van der Waals surface area contributed by atoms with Gasteiger partial charge in [-0.1, -0.05) is 32.5 Å². The highest BCUT2D eigenvalue weighted by Gasteiger charge is 2.29. The third kappa shape index (κ3) is 3.59. The van der Waals surface area contributed by atoms with Crippen molar-refractivity contribution in [3.8, 4) is 0 Å². The highest BCUT2D eigenvalue weighted by Crippen LogP contribution is 2.21. The van der Waals surface area contributed by atoms with Crippen LogP contribution in [0.2, 0.25) is 0 Å². The molecule has 0 rings (SSSR count). The number of carbonyl (C=O) groups excluding carboxylic acids is 1. The van der Waals surface area contributed by atoms with Gasteiger partial charge in [-0.2, -0.15) is 0 Å². The van der Waals surface area contributed by atoms with E-state index in [2.05, 4.69) is 0 Å². The number of carbonyl (C=O) groups is 1. The molecule has 0 fully saturated rings. The van der Waals surface area contributed by atoms with E-state index >= 15 is 0 Å². The molecule has 0 aliphatic carbocycles. The number of hydrogen-bond acceptors (Lipinski definition) is 4. The minimum atomic E-state index is -0.759. The highest BCUT2D eigenvalue weighted by molar-refractivity contribution is 8.13. The molecule has 0 heterocycles. The van der Waals surface area contributed by atoms with Crippen LogP contribution in [0.25, 0.3) is 0 Å². The molecule has 84 valence electrons. The molecule has 4 atom stereocenters. The van der Waals surface area contributed by atoms with Gasteiger partial charge in [0.05, 0.1) is 18.1 Å². The average Bonchev–Trinajstić information content (AvgIpc) is 2.23. The first-order chi connectivity index (χ1) is 6.45. The molecule has 0 unspecified atom stereocenters. The van der Waals surface area contributed by atoms with Gasteiger partial charge in [0, 0.05) is 5.92 Å². The van der Waals surface area contributed by atoms with Crippen molar-refractivity contribution >= 4 is 16.9 Å². The van der Waals surface area contributed by atoms with Gasteiger partial charge >= 0.3 is 0 Å². The Labute approximate surface area is 89.9 Å². The fourth-order valence-corrected chi connectivity index (χ4v) is 1.89. The molecule has 0 saturated carbocycles. The van der Waals surface area contributed by atoms with E-state index in [1.807, 2.05) is 6.92 Å². The summed E-state index contributed by atoms with van der Waals surface area (Å²) < 4.78 is 0. The van der Waals surface area contributed by atoms with Crippen molar-refractivity contribution in [3.05, 3.63) is 0 Å². The average molecular weight is 220 g/mol. The minimum Gasteiger partial charge on any atom is -0.393 e. The van der Waals surface area contributed by atoms with Gasteiger partial charge in [-0.05, 0) is 12.7 Å². The molecule has 0 aromatic heterocycles. The molecule has 0 aliphatic rings. The van der Waals surface area contributed by atoms with Crippen LogP contribution >= 0.6 is 11.8 Å². The summed E-state index contributed by atoms with van der Waals surface area (Å²) >= 11 is 1.12. The van der Waals surface area contributed by atoms with Gasteiger partial charge in [0.2, 0.25) is 0 Å². The Kier molecular flexibility index (Phi) is 6.40. The highest BCUT2D eigenvalue weighted by atomic mass is 32.2. The van der Waals surface area contributed by atoms with Crippen LogP contribution in [0.1, 0.15) is 27.2 Å². The van der Waals surface area contributed by atoms with Gasteiger partial charge in [-0.3, -0.25) is 4.79 Å². The lowest BCUT2D eigenvalue weighted by atomic mass is 9.89. The van der Waals surface area contributed by atoms with Crippen LogP contribution < -0.4 is 0 Å². The van der Waals surface area contributed by atoms with Gasteiger partial charge in [0.15, 0.2) is 5.12 Å². The van der Waals surface area contributed by atoms with Crippen molar-refractivity contribution in [3.63, 3.8) is 0 Å². The number of aliphatic hydroxyl groups excluding tert-OH is 2. The van der Waals surface area contributed by atoms with Crippen molar-refractivity contribution in [1.82, 2.24) is 0 Å². The zero-order valence-corrected chi connectivity index (χ0v) is 10.0. The van der Waals surface area contributed by atoms with Crippen LogP contribution in [0.15, 0.2) is 0 Å². The second kappa shape index (κ2) is 6.43. The van der Waals surface area contributed by atoms with E-state index in [4.69, 9.17) is 0 Å². The molecule has 0 bridgehead atoms. The first-order valence-electron chi connectivity index (χ1n) is 4.89. The normalized spacial score (nSPS) is 19.9. The van der Waals surface area contributed by atoms with Gasteiger partial charge in [-0.25, -0.2) is 0 Å². The van der Waals surface area contributed by atoms with Gasteiger partial charge in [0.25, 0.3) is 0 Å². The lowest BCUT2D eigenvalue weighted by Crippen LogP contribution is -2.36. The molecule has 0 aromatic carbocycles. The summed E-state index contributed by atoms with van der Waals surface area (Å²) in [5, 5.41) is 19.3. The van der Waals surface area contributed by atoms with Crippen molar-refractivity contribution in [2.75, 3.05) is 6.26 Å². The van der Waals surface area contributed by atoms with Crippen LogP contribution in [0.4, 0.5) is 0 Å². The Balaban J connectivity index is 4.30. The number of rotatable bonds is 5. The Morgan fingerprint density at radius 1 is 1.36 bits per heavy atom. The van der Waals surface area contributed by atoms with E-state index in [0.29, 0.717) is 6.42 Å². The Morgan fingerprint density at radius 3 is 2.21 bits per heavy atom. The largest absolute Gasteiger partial charge is 0.393 e. The van der Waals surface area contributed by atoms with Crippen molar-refractivity contribution < 1.29 is 15.0 Å². The maximum Gasteiger partial charge on any atom is 0.194 e. The first-order valence-corrected chi connectivity index (χ1v) is 6.12. The summed E-state index contributed by atoms with van der Waals surface area (Å²) in [6.45, 7) is 5.32.